The Hall–Kier alpha value is -3.86. The predicted octanol–water partition coefficient (Wildman–Crippen LogP) is 4.59. The maximum atomic E-state index is 12.7. The van der Waals surface area contributed by atoms with Crippen molar-refractivity contribution in [1.29, 1.82) is 0 Å². The van der Waals surface area contributed by atoms with Gasteiger partial charge in [0.25, 0.3) is 0 Å². The number of imidazole rings is 1. The first kappa shape index (κ1) is 22.6. The lowest BCUT2D eigenvalue weighted by Crippen LogP contribution is -2.43. The molecule has 0 atom stereocenters. The Balaban J connectivity index is 1.19. The van der Waals surface area contributed by atoms with Gasteiger partial charge in [0.1, 0.15) is 11.0 Å². The molecule has 0 unspecified atom stereocenters. The number of piperazine rings is 1. The Labute approximate surface area is 211 Å². The molecule has 10 heteroatoms. The van der Waals surface area contributed by atoms with E-state index in [1.807, 2.05) is 18.2 Å². The molecule has 1 saturated heterocycles. The number of rotatable bonds is 5. The zero-order chi connectivity index (χ0) is 24.5. The highest BCUT2D eigenvalue weighted by Crippen LogP contribution is 2.38. The molecule has 0 radical (unpaired) electrons. The summed E-state index contributed by atoms with van der Waals surface area (Å²) in [5.74, 6) is 0.684. The van der Waals surface area contributed by atoms with Crippen LogP contribution < -0.4 is 10.1 Å². The number of fused-ring (bicyclic) bond motifs is 2. The molecule has 3 aromatic heterocycles. The Kier molecular flexibility index (Phi) is 6.06. The quantitative estimate of drug-likeness (QED) is 0.365. The minimum Gasteiger partial charge on any atom is -0.408 e. The summed E-state index contributed by atoms with van der Waals surface area (Å²) in [7, 11) is 2.13. The van der Waals surface area contributed by atoms with Crippen molar-refractivity contribution in [2.45, 2.75) is 6.54 Å². The van der Waals surface area contributed by atoms with E-state index in [2.05, 4.69) is 59.6 Å². The Morgan fingerprint density at radius 3 is 2.69 bits per heavy atom. The molecule has 0 aliphatic carbocycles. The average Bonchev–Trinajstić information content (AvgIpc) is 3.52. The number of aromatic nitrogens is 4. The molecule has 1 amide bonds. The standard InChI is InChI=1S/C26H25N7O2S/c1-32-10-12-33(13-11-32)15-17-14-29-25(30-17)31-26(34)35-21-7-6-19(23-24(21)28-9-8-27-23)20-16-36-22-5-3-2-4-18(20)22/h2-9,14,16H,10-13,15H2,1H3,(H2,29,30,31,34). The maximum absolute atomic E-state index is 12.7. The monoisotopic (exact) mass is 499 g/mol. The van der Waals surface area contributed by atoms with E-state index in [0.717, 1.165) is 54.9 Å². The van der Waals surface area contributed by atoms with Gasteiger partial charge in [-0.15, -0.1) is 11.3 Å². The number of aromatic amines is 1. The molecule has 182 valence electrons. The Morgan fingerprint density at radius 2 is 1.83 bits per heavy atom. The van der Waals surface area contributed by atoms with Crippen molar-refractivity contribution in [3.63, 3.8) is 0 Å². The van der Waals surface area contributed by atoms with Crippen LogP contribution in [-0.4, -0.2) is 69.1 Å². The van der Waals surface area contributed by atoms with E-state index < -0.39 is 6.09 Å². The van der Waals surface area contributed by atoms with Crippen molar-refractivity contribution in [3.8, 4) is 16.9 Å². The molecular weight excluding hydrogens is 474 g/mol. The average molecular weight is 500 g/mol. The second kappa shape index (κ2) is 9.65. The van der Waals surface area contributed by atoms with E-state index in [0.29, 0.717) is 22.7 Å². The normalized spacial score (nSPS) is 14.9. The topological polar surface area (TPSA) is 99.3 Å². The van der Waals surface area contributed by atoms with Crippen LogP contribution in [0.15, 0.2) is 60.4 Å². The largest absolute Gasteiger partial charge is 0.419 e. The summed E-state index contributed by atoms with van der Waals surface area (Å²) in [6, 6.07) is 11.9. The number of anilines is 1. The van der Waals surface area contributed by atoms with Crippen molar-refractivity contribution < 1.29 is 9.53 Å². The number of likely N-dealkylation sites (N-methyl/N-ethyl adjacent to an activating group) is 1. The molecule has 9 nitrogen and oxygen atoms in total. The molecule has 2 N–H and O–H groups in total. The number of nitrogens with zero attached hydrogens (tertiary/aromatic N) is 5. The molecule has 1 aliphatic heterocycles. The smallest absolute Gasteiger partial charge is 0.408 e. The van der Waals surface area contributed by atoms with Gasteiger partial charge in [-0.05, 0) is 30.6 Å². The van der Waals surface area contributed by atoms with Crippen LogP contribution in [0, 0.1) is 0 Å². The highest BCUT2D eigenvalue weighted by atomic mass is 32.1. The number of ether oxygens (including phenoxy) is 1. The lowest BCUT2D eigenvalue weighted by Gasteiger charge is -2.31. The van der Waals surface area contributed by atoms with E-state index in [1.54, 1.807) is 36.0 Å². The summed E-state index contributed by atoms with van der Waals surface area (Å²) in [6.07, 6.45) is 4.35. The number of carbonyl (C=O) groups excluding carboxylic acids is 1. The molecule has 0 saturated carbocycles. The van der Waals surface area contributed by atoms with E-state index >= 15 is 0 Å². The zero-order valence-electron chi connectivity index (χ0n) is 19.8. The van der Waals surface area contributed by atoms with Crippen LogP contribution in [0.2, 0.25) is 0 Å². The molecule has 0 bridgehead atoms. The highest BCUT2D eigenvalue weighted by Gasteiger charge is 2.18. The molecular formula is C26H25N7O2S. The summed E-state index contributed by atoms with van der Waals surface area (Å²) in [4.78, 5) is 33.9. The van der Waals surface area contributed by atoms with Gasteiger partial charge >= 0.3 is 6.09 Å². The third kappa shape index (κ3) is 4.53. The van der Waals surface area contributed by atoms with Crippen LogP contribution >= 0.6 is 11.3 Å². The predicted molar refractivity (Wildman–Crippen MR) is 141 cm³/mol. The van der Waals surface area contributed by atoms with Gasteiger partial charge in [-0.2, -0.15) is 0 Å². The zero-order valence-corrected chi connectivity index (χ0v) is 20.6. The number of thiophene rings is 1. The summed E-state index contributed by atoms with van der Waals surface area (Å²) < 4.78 is 6.84. The molecule has 36 heavy (non-hydrogen) atoms. The van der Waals surface area contributed by atoms with Gasteiger partial charge in [-0.3, -0.25) is 15.2 Å². The number of hydrogen-bond donors (Lipinski definition) is 2. The minimum absolute atomic E-state index is 0.336. The van der Waals surface area contributed by atoms with Crippen molar-refractivity contribution in [2.24, 2.45) is 0 Å². The van der Waals surface area contributed by atoms with E-state index in [4.69, 9.17) is 4.74 Å². The third-order valence-electron chi connectivity index (χ3n) is 6.40. The number of benzene rings is 2. The molecule has 2 aromatic carbocycles. The molecule has 0 spiro atoms. The first-order chi connectivity index (χ1) is 17.6. The number of H-pyrrole nitrogens is 1. The van der Waals surface area contributed by atoms with Crippen molar-refractivity contribution in [2.75, 3.05) is 38.5 Å². The van der Waals surface area contributed by atoms with Crippen LogP contribution in [0.5, 0.6) is 5.75 Å². The van der Waals surface area contributed by atoms with Crippen molar-refractivity contribution in [1.82, 2.24) is 29.7 Å². The van der Waals surface area contributed by atoms with Gasteiger partial charge in [0.05, 0.1) is 11.9 Å². The fourth-order valence-corrected chi connectivity index (χ4v) is 5.45. The van der Waals surface area contributed by atoms with Crippen molar-refractivity contribution >= 4 is 44.5 Å². The van der Waals surface area contributed by atoms with E-state index in [-0.39, 0.29) is 0 Å². The second-order valence-corrected chi connectivity index (χ2v) is 9.77. The first-order valence-corrected chi connectivity index (χ1v) is 12.7. The van der Waals surface area contributed by atoms with Gasteiger partial charge in [0, 0.05) is 66.3 Å². The molecule has 1 fully saturated rings. The fourth-order valence-electron chi connectivity index (χ4n) is 4.49. The first-order valence-electron chi connectivity index (χ1n) is 11.8. The SMILES string of the molecule is CN1CCN(Cc2cnc(NC(=O)Oc3ccc(-c4csc5ccccc45)c4nccnc34)[nH]2)CC1. The van der Waals surface area contributed by atoms with E-state index in [1.165, 1.54) is 4.70 Å². The van der Waals surface area contributed by atoms with Crippen LogP contribution in [0.4, 0.5) is 10.7 Å². The van der Waals surface area contributed by atoms with Crippen LogP contribution in [-0.2, 0) is 6.54 Å². The lowest BCUT2D eigenvalue weighted by molar-refractivity contribution is 0.147. The Morgan fingerprint density at radius 1 is 1.03 bits per heavy atom. The number of hydrogen-bond acceptors (Lipinski definition) is 8. The van der Waals surface area contributed by atoms with Gasteiger partial charge in [0.2, 0.25) is 5.95 Å². The fraction of sp³-hybridized carbons (Fsp3) is 0.231. The highest BCUT2D eigenvalue weighted by molar-refractivity contribution is 7.17. The summed E-state index contributed by atoms with van der Waals surface area (Å²) in [5.41, 5.74) is 4.18. The third-order valence-corrected chi connectivity index (χ3v) is 7.36. The van der Waals surface area contributed by atoms with Gasteiger partial charge in [0.15, 0.2) is 5.75 Å². The number of nitrogens with one attached hydrogen (secondary N) is 2. The van der Waals surface area contributed by atoms with Crippen LogP contribution in [0.3, 0.4) is 0 Å². The molecule has 1 aliphatic rings. The summed E-state index contributed by atoms with van der Waals surface area (Å²) in [6.45, 7) is 4.86. The second-order valence-electron chi connectivity index (χ2n) is 8.86. The number of amides is 1. The number of carbonyl (C=O) groups is 1. The van der Waals surface area contributed by atoms with E-state index in [9.17, 15) is 4.79 Å². The summed E-state index contributed by atoms with van der Waals surface area (Å²) >= 11 is 1.69. The van der Waals surface area contributed by atoms with Gasteiger partial charge < -0.3 is 14.6 Å². The Bertz CT molecular complexity index is 1540. The van der Waals surface area contributed by atoms with Gasteiger partial charge in [-0.1, -0.05) is 18.2 Å². The summed E-state index contributed by atoms with van der Waals surface area (Å²) in [5, 5.41) is 5.97. The van der Waals surface area contributed by atoms with Gasteiger partial charge in [-0.25, -0.2) is 14.8 Å². The van der Waals surface area contributed by atoms with Crippen LogP contribution in [0.1, 0.15) is 5.69 Å². The molecule has 4 heterocycles. The molecule has 6 rings (SSSR count). The lowest BCUT2D eigenvalue weighted by atomic mass is 10.0. The minimum atomic E-state index is -0.642. The maximum Gasteiger partial charge on any atom is 0.419 e. The van der Waals surface area contributed by atoms with Crippen LogP contribution in [0.25, 0.3) is 32.2 Å². The molecule has 5 aromatic rings. The van der Waals surface area contributed by atoms with Crippen molar-refractivity contribution in [3.05, 3.63) is 66.1 Å².